The van der Waals surface area contributed by atoms with E-state index in [1.165, 1.54) is 0 Å². The summed E-state index contributed by atoms with van der Waals surface area (Å²) in [5.41, 5.74) is 8.44. The van der Waals surface area contributed by atoms with E-state index >= 15 is 0 Å². The van der Waals surface area contributed by atoms with E-state index in [4.69, 9.17) is 10.5 Å². The lowest BCUT2D eigenvalue weighted by Gasteiger charge is -2.06. The number of hydrogen-bond donors (Lipinski definition) is 1. The standard InChI is InChI=1S/C13H15N3O/c1-10-9-16-13(8-12(10)14)17-7-5-11-4-2-3-6-15-11/h2-4,6,8-9H,5,7H2,1H3,(H2,14,16). The van der Waals surface area contributed by atoms with Gasteiger partial charge < -0.3 is 10.5 Å². The zero-order valence-electron chi connectivity index (χ0n) is 9.76. The Morgan fingerprint density at radius 2 is 2.18 bits per heavy atom. The Morgan fingerprint density at radius 1 is 1.29 bits per heavy atom. The number of pyridine rings is 2. The van der Waals surface area contributed by atoms with Crippen LogP contribution in [0, 0.1) is 6.92 Å². The van der Waals surface area contributed by atoms with Crippen LogP contribution in [-0.4, -0.2) is 16.6 Å². The number of nitrogens with zero attached hydrogens (tertiary/aromatic N) is 2. The summed E-state index contributed by atoms with van der Waals surface area (Å²) in [5, 5.41) is 0. The van der Waals surface area contributed by atoms with Gasteiger partial charge in [-0.05, 0) is 24.6 Å². The third kappa shape index (κ3) is 3.17. The average Bonchev–Trinajstić information content (AvgIpc) is 2.35. The fourth-order valence-electron chi connectivity index (χ4n) is 1.40. The maximum absolute atomic E-state index is 5.77. The van der Waals surface area contributed by atoms with Gasteiger partial charge in [0, 0.05) is 36.3 Å². The van der Waals surface area contributed by atoms with Crippen LogP contribution in [0.3, 0.4) is 0 Å². The molecule has 0 aliphatic rings. The van der Waals surface area contributed by atoms with Crippen molar-refractivity contribution in [1.29, 1.82) is 0 Å². The molecule has 0 unspecified atom stereocenters. The summed E-state index contributed by atoms with van der Waals surface area (Å²) in [6, 6.07) is 7.57. The molecule has 2 aromatic rings. The van der Waals surface area contributed by atoms with Gasteiger partial charge in [-0.3, -0.25) is 4.98 Å². The highest BCUT2D eigenvalue weighted by Crippen LogP contribution is 2.15. The van der Waals surface area contributed by atoms with E-state index in [1.807, 2.05) is 25.1 Å². The Labute approximate surface area is 100 Å². The number of ether oxygens (including phenoxy) is 1. The number of nitrogens with two attached hydrogens (primary N) is 1. The van der Waals surface area contributed by atoms with Crippen LogP contribution in [0.15, 0.2) is 36.7 Å². The second-order valence-corrected chi connectivity index (χ2v) is 3.80. The number of aromatic nitrogens is 2. The van der Waals surface area contributed by atoms with Crippen LogP contribution >= 0.6 is 0 Å². The van der Waals surface area contributed by atoms with Crippen LogP contribution in [0.2, 0.25) is 0 Å². The molecule has 0 bridgehead atoms. The van der Waals surface area contributed by atoms with Gasteiger partial charge in [0.05, 0.1) is 6.61 Å². The zero-order valence-corrected chi connectivity index (χ0v) is 9.76. The zero-order chi connectivity index (χ0) is 12.1. The molecule has 0 aliphatic carbocycles. The lowest BCUT2D eigenvalue weighted by atomic mass is 10.2. The molecule has 0 fully saturated rings. The lowest BCUT2D eigenvalue weighted by Crippen LogP contribution is -2.04. The summed E-state index contributed by atoms with van der Waals surface area (Å²) >= 11 is 0. The van der Waals surface area contributed by atoms with Crippen molar-refractivity contribution in [2.45, 2.75) is 13.3 Å². The predicted octanol–water partition coefficient (Wildman–Crippen LogP) is 1.99. The molecule has 0 amide bonds. The topological polar surface area (TPSA) is 61.0 Å². The van der Waals surface area contributed by atoms with Crippen LogP contribution in [0.1, 0.15) is 11.3 Å². The number of nitrogen functional groups attached to an aromatic ring is 1. The number of hydrogen-bond acceptors (Lipinski definition) is 4. The van der Waals surface area contributed by atoms with E-state index in [9.17, 15) is 0 Å². The number of anilines is 1. The van der Waals surface area contributed by atoms with Gasteiger partial charge in [0.25, 0.3) is 0 Å². The molecule has 2 N–H and O–H groups in total. The van der Waals surface area contributed by atoms with Gasteiger partial charge in [0.15, 0.2) is 0 Å². The molecule has 0 aromatic carbocycles. The second-order valence-electron chi connectivity index (χ2n) is 3.80. The minimum atomic E-state index is 0.548. The maximum atomic E-state index is 5.77. The quantitative estimate of drug-likeness (QED) is 0.871. The van der Waals surface area contributed by atoms with Gasteiger partial charge in [-0.15, -0.1) is 0 Å². The van der Waals surface area contributed by atoms with Crippen molar-refractivity contribution in [3.8, 4) is 5.88 Å². The first-order chi connectivity index (χ1) is 8.25. The van der Waals surface area contributed by atoms with Crippen LogP contribution in [-0.2, 0) is 6.42 Å². The first-order valence-electron chi connectivity index (χ1n) is 5.50. The minimum Gasteiger partial charge on any atom is -0.477 e. The highest BCUT2D eigenvalue weighted by molar-refractivity contribution is 5.47. The first-order valence-corrected chi connectivity index (χ1v) is 5.50. The Bertz CT molecular complexity index is 485. The van der Waals surface area contributed by atoms with E-state index < -0.39 is 0 Å². The molecular weight excluding hydrogens is 214 g/mol. The van der Waals surface area contributed by atoms with E-state index in [-0.39, 0.29) is 0 Å². The molecule has 4 nitrogen and oxygen atoms in total. The molecular formula is C13H15N3O. The molecule has 2 heterocycles. The summed E-state index contributed by atoms with van der Waals surface area (Å²) in [6.45, 7) is 2.46. The van der Waals surface area contributed by atoms with Crippen molar-refractivity contribution in [3.63, 3.8) is 0 Å². The first kappa shape index (κ1) is 11.4. The Kier molecular flexibility index (Phi) is 3.55. The van der Waals surface area contributed by atoms with Gasteiger partial charge in [-0.2, -0.15) is 0 Å². The van der Waals surface area contributed by atoms with Gasteiger partial charge in [0.2, 0.25) is 5.88 Å². The maximum Gasteiger partial charge on any atom is 0.215 e. The van der Waals surface area contributed by atoms with Crippen molar-refractivity contribution >= 4 is 5.69 Å². The fourth-order valence-corrected chi connectivity index (χ4v) is 1.40. The normalized spacial score (nSPS) is 10.2. The summed E-state index contributed by atoms with van der Waals surface area (Å²) < 4.78 is 5.51. The van der Waals surface area contributed by atoms with Gasteiger partial charge in [0.1, 0.15) is 0 Å². The third-order valence-electron chi connectivity index (χ3n) is 2.45. The molecule has 0 saturated heterocycles. The van der Waals surface area contributed by atoms with E-state index in [0.717, 1.165) is 17.7 Å². The molecule has 0 radical (unpaired) electrons. The van der Waals surface area contributed by atoms with E-state index in [2.05, 4.69) is 9.97 Å². The van der Waals surface area contributed by atoms with Crippen molar-refractivity contribution in [1.82, 2.24) is 9.97 Å². The number of aryl methyl sites for hydroxylation is 1. The highest BCUT2D eigenvalue weighted by Gasteiger charge is 2.00. The van der Waals surface area contributed by atoms with E-state index in [0.29, 0.717) is 18.2 Å². The van der Waals surface area contributed by atoms with Crippen molar-refractivity contribution in [3.05, 3.63) is 47.9 Å². The highest BCUT2D eigenvalue weighted by atomic mass is 16.5. The molecule has 0 spiro atoms. The smallest absolute Gasteiger partial charge is 0.215 e. The predicted molar refractivity (Wildman–Crippen MR) is 66.8 cm³/mol. The van der Waals surface area contributed by atoms with Crippen LogP contribution in [0.4, 0.5) is 5.69 Å². The van der Waals surface area contributed by atoms with Crippen LogP contribution < -0.4 is 10.5 Å². The van der Waals surface area contributed by atoms with Crippen molar-refractivity contribution < 1.29 is 4.74 Å². The average molecular weight is 229 g/mol. The summed E-state index contributed by atoms with van der Waals surface area (Å²) in [7, 11) is 0. The van der Waals surface area contributed by atoms with Gasteiger partial charge in [-0.25, -0.2) is 4.98 Å². The monoisotopic (exact) mass is 229 g/mol. The Balaban J connectivity index is 1.88. The molecule has 88 valence electrons. The van der Waals surface area contributed by atoms with Crippen LogP contribution in [0.5, 0.6) is 5.88 Å². The Hall–Kier alpha value is -2.10. The molecule has 0 saturated carbocycles. The molecule has 0 aliphatic heterocycles. The molecule has 2 aromatic heterocycles. The lowest BCUT2D eigenvalue weighted by molar-refractivity contribution is 0.308. The van der Waals surface area contributed by atoms with Crippen LogP contribution in [0.25, 0.3) is 0 Å². The second kappa shape index (κ2) is 5.30. The largest absolute Gasteiger partial charge is 0.477 e. The van der Waals surface area contributed by atoms with Crippen molar-refractivity contribution in [2.75, 3.05) is 12.3 Å². The van der Waals surface area contributed by atoms with Gasteiger partial charge in [-0.1, -0.05) is 6.07 Å². The van der Waals surface area contributed by atoms with E-state index in [1.54, 1.807) is 18.5 Å². The summed E-state index contributed by atoms with van der Waals surface area (Å²) in [4.78, 5) is 8.36. The molecule has 2 rings (SSSR count). The third-order valence-corrected chi connectivity index (χ3v) is 2.45. The van der Waals surface area contributed by atoms with Crippen molar-refractivity contribution in [2.24, 2.45) is 0 Å². The SMILES string of the molecule is Cc1cnc(OCCc2ccccn2)cc1N. The fraction of sp³-hybridized carbons (Fsp3) is 0.231. The Morgan fingerprint density at radius 3 is 2.88 bits per heavy atom. The van der Waals surface area contributed by atoms with Gasteiger partial charge >= 0.3 is 0 Å². The number of rotatable bonds is 4. The molecule has 17 heavy (non-hydrogen) atoms. The molecule has 0 atom stereocenters. The summed E-state index contributed by atoms with van der Waals surface area (Å²) in [5.74, 6) is 0.559. The molecule has 4 heteroatoms. The minimum absolute atomic E-state index is 0.548. The summed E-state index contributed by atoms with van der Waals surface area (Å²) in [6.07, 6.45) is 4.25.